The predicted octanol–water partition coefficient (Wildman–Crippen LogP) is 5.72. The molecule has 0 fully saturated rings. The highest BCUT2D eigenvalue weighted by Gasteiger charge is 2.11. The van der Waals surface area contributed by atoms with E-state index in [9.17, 15) is 0 Å². The second-order valence-electron chi connectivity index (χ2n) is 5.07. The van der Waals surface area contributed by atoms with Gasteiger partial charge in [0, 0.05) is 4.90 Å². The molecule has 1 aromatic heterocycles. The lowest BCUT2D eigenvalue weighted by atomic mass is 10.0. The minimum Gasteiger partial charge on any atom is -0.354 e. The first-order valence-corrected chi connectivity index (χ1v) is 7.91. The van der Waals surface area contributed by atoms with Crippen LogP contribution in [0.2, 0.25) is 5.02 Å². The number of hydrogen-bond acceptors (Lipinski definition) is 4. The van der Waals surface area contributed by atoms with Gasteiger partial charge in [0.25, 0.3) is 0 Å². The first-order chi connectivity index (χ1) is 10.1. The van der Waals surface area contributed by atoms with Gasteiger partial charge in [0.15, 0.2) is 11.4 Å². The van der Waals surface area contributed by atoms with E-state index in [1.165, 1.54) is 17.5 Å². The molecule has 0 aliphatic heterocycles. The molecule has 3 aromatic rings. The van der Waals surface area contributed by atoms with Crippen LogP contribution in [-0.4, -0.2) is 5.16 Å². The van der Waals surface area contributed by atoms with Gasteiger partial charge in [-0.25, -0.2) is 0 Å². The van der Waals surface area contributed by atoms with Crippen molar-refractivity contribution >= 4 is 40.3 Å². The Bertz CT molecular complexity index is 753. The summed E-state index contributed by atoms with van der Waals surface area (Å²) in [5.74, 6) is 1.18. The first kappa shape index (κ1) is 14.3. The number of nitrogens with zero attached hydrogens (tertiary/aromatic N) is 1. The molecule has 3 nitrogen and oxygen atoms in total. The molecule has 21 heavy (non-hydrogen) atoms. The van der Waals surface area contributed by atoms with Crippen molar-refractivity contribution in [3.8, 4) is 0 Å². The molecule has 0 amide bonds. The fourth-order valence-electron chi connectivity index (χ4n) is 2.05. The maximum atomic E-state index is 6.19. The Hall–Kier alpha value is -1.65. The molecule has 0 saturated carbocycles. The maximum Gasteiger partial charge on any atom is 0.189 e. The first-order valence-electron chi connectivity index (χ1n) is 6.72. The van der Waals surface area contributed by atoms with Crippen molar-refractivity contribution in [2.45, 2.75) is 24.7 Å². The molecule has 108 valence electrons. The minimum atomic E-state index is 0.537. The number of fused-ring (bicyclic) bond motifs is 1. The zero-order valence-electron chi connectivity index (χ0n) is 11.8. The Morgan fingerprint density at radius 1 is 1.14 bits per heavy atom. The van der Waals surface area contributed by atoms with Crippen molar-refractivity contribution in [2.75, 3.05) is 4.72 Å². The van der Waals surface area contributed by atoms with E-state index in [1.807, 2.05) is 18.2 Å². The molecule has 0 aliphatic carbocycles. The summed E-state index contributed by atoms with van der Waals surface area (Å²) in [7, 11) is 0. The number of aromatic nitrogens is 1. The van der Waals surface area contributed by atoms with Gasteiger partial charge in [0.05, 0.1) is 10.4 Å². The van der Waals surface area contributed by atoms with Crippen LogP contribution in [0.5, 0.6) is 0 Å². The van der Waals surface area contributed by atoms with Gasteiger partial charge in [-0.1, -0.05) is 48.8 Å². The number of anilines is 1. The molecule has 0 atom stereocenters. The molecule has 0 bridgehead atoms. The van der Waals surface area contributed by atoms with Crippen molar-refractivity contribution < 1.29 is 4.52 Å². The second-order valence-corrected chi connectivity index (χ2v) is 6.36. The van der Waals surface area contributed by atoms with Crippen LogP contribution in [0, 0.1) is 0 Å². The average Bonchev–Trinajstić information content (AvgIpc) is 2.90. The van der Waals surface area contributed by atoms with Crippen LogP contribution in [0.15, 0.2) is 51.9 Å². The molecule has 0 radical (unpaired) electrons. The van der Waals surface area contributed by atoms with Crippen LogP contribution in [0.4, 0.5) is 5.82 Å². The third-order valence-corrected chi connectivity index (χ3v) is 4.38. The molecule has 0 saturated heterocycles. The Labute approximate surface area is 132 Å². The zero-order valence-corrected chi connectivity index (χ0v) is 13.3. The van der Waals surface area contributed by atoms with Gasteiger partial charge in [-0.05, 0) is 47.7 Å². The van der Waals surface area contributed by atoms with Crippen molar-refractivity contribution in [3.05, 3.63) is 53.1 Å². The number of nitrogens with one attached hydrogen (secondary N) is 1. The smallest absolute Gasteiger partial charge is 0.189 e. The van der Waals surface area contributed by atoms with Gasteiger partial charge in [-0.15, -0.1) is 0 Å². The van der Waals surface area contributed by atoms with Gasteiger partial charge in [-0.3, -0.25) is 0 Å². The van der Waals surface area contributed by atoms with Crippen LogP contribution < -0.4 is 4.72 Å². The van der Waals surface area contributed by atoms with Crippen molar-refractivity contribution in [1.82, 2.24) is 5.16 Å². The van der Waals surface area contributed by atoms with Crippen molar-refractivity contribution in [3.63, 3.8) is 0 Å². The third kappa shape index (κ3) is 3.01. The van der Waals surface area contributed by atoms with E-state index in [-0.39, 0.29) is 0 Å². The second kappa shape index (κ2) is 6.00. The summed E-state index contributed by atoms with van der Waals surface area (Å²) in [6.45, 7) is 4.37. The third-order valence-electron chi connectivity index (χ3n) is 3.26. The highest BCUT2D eigenvalue weighted by Crippen LogP contribution is 2.32. The molecule has 3 rings (SSSR count). The molecular formula is C16H15ClN2OS. The highest BCUT2D eigenvalue weighted by atomic mass is 35.5. The SMILES string of the molecule is CC(C)c1ccc(SNc2noc3cccc(Cl)c23)cc1. The van der Waals surface area contributed by atoms with E-state index in [0.29, 0.717) is 22.3 Å². The zero-order chi connectivity index (χ0) is 14.8. The molecule has 0 aliphatic rings. The molecule has 5 heteroatoms. The van der Waals surface area contributed by atoms with Crippen LogP contribution in [0.1, 0.15) is 25.3 Å². The summed E-state index contributed by atoms with van der Waals surface area (Å²) in [6, 6.07) is 14.0. The van der Waals surface area contributed by atoms with Gasteiger partial charge in [-0.2, -0.15) is 0 Å². The summed E-state index contributed by atoms with van der Waals surface area (Å²) in [5, 5.41) is 5.47. The monoisotopic (exact) mass is 318 g/mol. The topological polar surface area (TPSA) is 38.1 Å². The van der Waals surface area contributed by atoms with Gasteiger partial charge in [0.1, 0.15) is 0 Å². The maximum absolute atomic E-state index is 6.19. The Morgan fingerprint density at radius 2 is 1.90 bits per heavy atom. The molecule has 2 aromatic carbocycles. The lowest BCUT2D eigenvalue weighted by molar-refractivity contribution is 0.460. The van der Waals surface area contributed by atoms with Crippen LogP contribution >= 0.6 is 23.5 Å². The number of halogens is 1. The summed E-state index contributed by atoms with van der Waals surface area (Å²) >= 11 is 7.68. The predicted molar refractivity (Wildman–Crippen MR) is 89.0 cm³/mol. The van der Waals surface area contributed by atoms with Crippen LogP contribution in [0.25, 0.3) is 11.0 Å². The number of hydrogen-bond donors (Lipinski definition) is 1. The van der Waals surface area contributed by atoms with E-state index in [4.69, 9.17) is 16.1 Å². The fraction of sp³-hybridized carbons (Fsp3) is 0.188. The largest absolute Gasteiger partial charge is 0.354 e. The number of rotatable bonds is 4. The molecule has 0 unspecified atom stereocenters. The standard InChI is InChI=1S/C16H15ClN2OS/c1-10(2)11-6-8-12(9-7-11)21-19-16-15-13(17)4-3-5-14(15)20-18-16/h3-10H,1-2H3,(H,18,19). The summed E-state index contributed by atoms with van der Waals surface area (Å²) in [5.41, 5.74) is 2.01. The van der Waals surface area contributed by atoms with Gasteiger partial charge in [0.2, 0.25) is 0 Å². The average molecular weight is 319 g/mol. The Kier molecular flexibility index (Phi) is 4.08. The highest BCUT2D eigenvalue weighted by molar-refractivity contribution is 8.00. The Balaban J connectivity index is 1.77. The lowest BCUT2D eigenvalue weighted by Gasteiger charge is -2.07. The van der Waals surface area contributed by atoms with E-state index in [2.05, 4.69) is 48.0 Å². The van der Waals surface area contributed by atoms with Crippen molar-refractivity contribution in [1.29, 1.82) is 0 Å². The molecule has 0 spiro atoms. The van der Waals surface area contributed by atoms with Crippen LogP contribution in [-0.2, 0) is 0 Å². The summed E-state index contributed by atoms with van der Waals surface area (Å²) < 4.78 is 8.46. The quantitative estimate of drug-likeness (QED) is 0.624. The Morgan fingerprint density at radius 3 is 2.62 bits per heavy atom. The van der Waals surface area contributed by atoms with Crippen molar-refractivity contribution in [2.24, 2.45) is 0 Å². The van der Waals surface area contributed by atoms with E-state index >= 15 is 0 Å². The normalized spacial score (nSPS) is 11.2. The van der Waals surface area contributed by atoms with E-state index in [0.717, 1.165) is 10.3 Å². The molecule has 1 N–H and O–H groups in total. The lowest BCUT2D eigenvalue weighted by Crippen LogP contribution is -1.89. The molecular weight excluding hydrogens is 304 g/mol. The minimum absolute atomic E-state index is 0.537. The molecule has 1 heterocycles. The number of benzene rings is 2. The van der Waals surface area contributed by atoms with Crippen LogP contribution in [0.3, 0.4) is 0 Å². The van der Waals surface area contributed by atoms with Gasteiger partial charge < -0.3 is 9.25 Å². The summed E-state index contributed by atoms with van der Waals surface area (Å²) in [6.07, 6.45) is 0. The van der Waals surface area contributed by atoms with E-state index in [1.54, 1.807) is 0 Å². The summed E-state index contributed by atoms with van der Waals surface area (Å²) in [4.78, 5) is 1.11. The fourth-order valence-corrected chi connectivity index (χ4v) is 2.93. The van der Waals surface area contributed by atoms with E-state index < -0.39 is 0 Å². The van der Waals surface area contributed by atoms with Gasteiger partial charge >= 0.3 is 0 Å².